The van der Waals surface area contributed by atoms with Crippen LogP contribution in [0.15, 0.2) is 0 Å². The topological polar surface area (TPSA) is 17.1 Å². The minimum absolute atomic E-state index is 0.422. The summed E-state index contributed by atoms with van der Waals surface area (Å²) in [5.41, 5.74) is 0. The zero-order chi connectivity index (χ0) is 9.97. The molecule has 1 nitrogen and oxygen atoms in total. The highest BCUT2D eigenvalue weighted by Crippen LogP contribution is 2.41. The van der Waals surface area contributed by atoms with E-state index in [0.717, 1.165) is 23.3 Å². The lowest BCUT2D eigenvalue weighted by Gasteiger charge is -2.34. The largest absolute Gasteiger partial charge is 0.298 e. The van der Waals surface area contributed by atoms with E-state index in [2.05, 4.69) is 6.92 Å². The van der Waals surface area contributed by atoms with Gasteiger partial charge in [-0.25, -0.2) is 0 Å². The van der Waals surface area contributed by atoms with Crippen molar-refractivity contribution in [3.8, 4) is 0 Å². The number of rotatable bonds is 2. The fourth-order valence-electron chi connectivity index (χ4n) is 3.12. The van der Waals surface area contributed by atoms with Crippen LogP contribution in [0.5, 0.6) is 0 Å². The molecule has 1 saturated carbocycles. The Morgan fingerprint density at radius 2 is 2.14 bits per heavy atom. The van der Waals surface area contributed by atoms with Crippen molar-refractivity contribution in [3.63, 3.8) is 0 Å². The van der Waals surface area contributed by atoms with Crippen molar-refractivity contribution in [1.82, 2.24) is 0 Å². The summed E-state index contributed by atoms with van der Waals surface area (Å²) < 4.78 is 0. The van der Waals surface area contributed by atoms with Gasteiger partial charge in [0.2, 0.25) is 0 Å². The number of Topliss-reactive ketones (excluding diaryl/α,β-unsaturated/α-hetero) is 1. The summed E-state index contributed by atoms with van der Waals surface area (Å²) in [5.74, 6) is 4.44. The fraction of sp³-hybridized carbons (Fsp3) is 0.917. The SMILES string of the molecule is CCC1CCCCC1C1CSCC1=O. The zero-order valence-electron chi connectivity index (χ0n) is 9.00. The summed E-state index contributed by atoms with van der Waals surface area (Å²) in [6, 6.07) is 0. The third-order valence-electron chi connectivity index (χ3n) is 3.96. The highest BCUT2D eigenvalue weighted by atomic mass is 32.2. The molecule has 1 saturated heterocycles. The number of ketones is 1. The molecular formula is C12H20OS. The van der Waals surface area contributed by atoms with Crippen LogP contribution in [0.4, 0.5) is 0 Å². The molecule has 0 amide bonds. The maximum atomic E-state index is 11.7. The quantitative estimate of drug-likeness (QED) is 0.699. The molecule has 0 bridgehead atoms. The standard InChI is InChI=1S/C12H20OS/c1-2-9-5-3-4-6-10(9)11-7-14-8-12(11)13/h9-11H,2-8H2,1H3. The van der Waals surface area contributed by atoms with Gasteiger partial charge in [0.1, 0.15) is 5.78 Å². The van der Waals surface area contributed by atoms with Crippen LogP contribution >= 0.6 is 11.8 Å². The maximum Gasteiger partial charge on any atom is 0.146 e. The van der Waals surface area contributed by atoms with E-state index in [1.165, 1.54) is 32.1 Å². The lowest BCUT2D eigenvalue weighted by atomic mass is 9.71. The molecule has 0 aromatic heterocycles. The smallest absolute Gasteiger partial charge is 0.146 e. The fourth-order valence-corrected chi connectivity index (χ4v) is 4.34. The van der Waals surface area contributed by atoms with Crippen LogP contribution in [0, 0.1) is 17.8 Å². The van der Waals surface area contributed by atoms with E-state index in [1.54, 1.807) is 0 Å². The Kier molecular flexibility index (Phi) is 3.53. The second-order valence-corrected chi connectivity index (χ2v) is 5.73. The van der Waals surface area contributed by atoms with Crippen LogP contribution in [0.25, 0.3) is 0 Å². The van der Waals surface area contributed by atoms with Crippen molar-refractivity contribution in [2.75, 3.05) is 11.5 Å². The predicted octanol–water partition coefficient (Wildman–Crippen LogP) is 3.13. The first kappa shape index (κ1) is 10.5. The van der Waals surface area contributed by atoms with Crippen molar-refractivity contribution in [2.45, 2.75) is 39.0 Å². The lowest BCUT2D eigenvalue weighted by Crippen LogP contribution is -2.30. The zero-order valence-corrected chi connectivity index (χ0v) is 9.81. The third kappa shape index (κ3) is 2.00. The number of hydrogen-bond acceptors (Lipinski definition) is 2. The second-order valence-electron chi connectivity index (χ2n) is 4.70. The van der Waals surface area contributed by atoms with Crippen LogP contribution in [0.1, 0.15) is 39.0 Å². The van der Waals surface area contributed by atoms with Crippen LogP contribution < -0.4 is 0 Å². The van der Waals surface area contributed by atoms with Gasteiger partial charge < -0.3 is 0 Å². The van der Waals surface area contributed by atoms with Gasteiger partial charge >= 0.3 is 0 Å². The van der Waals surface area contributed by atoms with Crippen LogP contribution in [0.2, 0.25) is 0 Å². The monoisotopic (exact) mass is 212 g/mol. The van der Waals surface area contributed by atoms with E-state index in [-0.39, 0.29) is 0 Å². The lowest BCUT2D eigenvalue weighted by molar-refractivity contribution is -0.121. The summed E-state index contributed by atoms with van der Waals surface area (Å²) >= 11 is 1.85. The Morgan fingerprint density at radius 3 is 2.79 bits per heavy atom. The highest BCUT2D eigenvalue weighted by Gasteiger charge is 2.37. The minimum atomic E-state index is 0.422. The van der Waals surface area contributed by atoms with Gasteiger partial charge in [0.25, 0.3) is 0 Å². The van der Waals surface area contributed by atoms with Gasteiger partial charge in [-0.2, -0.15) is 11.8 Å². The summed E-state index contributed by atoms with van der Waals surface area (Å²) in [5, 5.41) is 0. The molecule has 0 aromatic rings. The molecule has 0 N–H and O–H groups in total. The van der Waals surface area contributed by atoms with Crippen molar-refractivity contribution in [2.24, 2.45) is 17.8 Å². The molecule has 0 aromatic carbocycles. The number of thioether (sulfide) groups is 1. The Bertz CT molecular complexity index is 214. The van der Waals surface area contributed by atoms with Gasteiger partial charge in [-0.15, -0.1) is 0 Å². The first-order valence-electron chi connectivity index (χ1n) is 5.93. The van der Waals surface area contributed by atoms with E-state index in [4.69, 9.17) is 0 Å². The average Bonchev–Trinajstić information content (AvgIpc) is 2.64. The summed E-state index contributed by atoms with van der Waals surface area (Å²) in [6.07, 6.45) is 6.71. The molecule has 0 radical (unpaired) electrons. The second kappa shape index (κ2) is 4.69. The summed E-state index contributed by atoms with van der Waals surface area (Å²) in [7, 11) is 0. The molecule has 2 aliphatic rings. The van der Waals surface area contributed by atoms with Gasteiger partial charge in [-0.1, -0.05) is 32.6 Å². The molecule has 2 fully saturated rings. The normalized spacial score (nSPS) is 38.9. The minimum Gasteiger partial charge on any atom is -0.298 e. The van der Waals surface area contributed by atoms with Crippen LogP contribution in [0.3, 0.4) is 0 Å². The Balaban J connectivity index is 2.02. The molecule has 0 spiro atoms. The Labute approximate surface area is 91.0 Å². The molecular weight excluding hydrogens is 192 g/mol. The summed E-state index contributed by atoms with van der Waals surface area (Å²) in [4.78, 5) is 11.7. The van der Waals surface area contributed by atoms with Gasteiger partial charge in [-0.3, -0.25) is 4.79 Å². The third-order valence-corrected chi connectivity index (χ3v) is 5.05. The molecule has 14 heavy (non-hydrogen) atoms. The van der Waals surface area contributed by atoms with E-state index in [0.29, 0.717) is 11.7 Å². The molecule has 3 atom stereocenters. The molecule has 1 aliphatic heterocycles. The van der Waals surface area contributed by atoms with E-state index in [9.17, 15) is 4.79 Å². The average molecular weight is 212 g/mol. The van der Waals surface area contributed by atoms with E-state index in [1.807, 2.05) is 11.8 Å². The molecule has 2 heteroatoms. The molecule has 1 heterocycles. The van der Waals surface area contributed by atoms with Crippen molar-refractivity contribution < 1.29 is 4.79 Å². The first-order valence-corrected chi connectivity index (χ1v) is 7.09. The van der Waals surface area contributed by atoms with Crippen molar-refractivity contribution in [1.29, 1.82) is 0 Å². The molecule has 2 rings (SSSR count). The number of carbonyl (C=O) groups is 1. The Hall–Kier alpha value is 0.0200. The van der Waals surface area contributed by atoms with Crippen molar-refractivity contribution in [3.05, 3.63) is 0 Å². The van der Waals surface area contributed by atoms with Gasteiger partial charge in [0, 0.05) is 11.7 Å². The highest BCUT2D eigenvalue weighted by molar-refractivity contribution is 8.00. The van der Waals surface area contributed by atoms with Crippen LogP contribution in [-0.2, 0) is 4.79 Å². The molecule has 3 unspecified atom stereocenters. The number of carbonyl (C=O) groups excluding carboxylic acids is 1. The van der Waals surface area contributed by atoms with Gasteiger partial charge in [-0.05, 0) is 18.3 Å². The van der Waals surface area contributed by atoms with Gasteiger partial charge in [0.05, 0.1) is 5.75 Å². The summed E-state index contributed by atoms with van der Waals surface area (Å²) in [6.45, 7) is 2.29. The molecule has 80 valence electrons. The first-order chi connectivity index (χ1) is 6.83. The Morgan fingerprint density at radius 1 is 1.36 bits per heavy atom. The van der Waals surface area contributed by atoms with E-state index >= 15 is 0 Å². The molecule has 1 aliphatic carbocycles. The van der Waals surface area contributed by atoms with Gasteiger partial charge in [0.15, 0.2) is 0 Å². The van der Waals surface area contributed by atoms with E-state index < -0.39 is 0 Å². The predicted molar refractivity (Wildman–Crippen MR) is 61.6 cm³/mol. The number of hydrogen-bond donors (Lipinski definition) is 0. The van der Waals surface area contributed by atoms with Crippen LogP contribution in [-0.4, -0.2) is 17.3 Å². The maximum absolute atomic E-state index is 11.7. The van der Waals surface area contributed by atoms with Crippen molar-refractivity contribution >= 4 is 17.5 Å².